The second kappa shape index (κ2) is 7.08. The molecule has 1 aliphatic heterocycles. The first kappa shape index (κ1) is 17.2. The van der Waals surface area contributed by atoms with E-state index in [4.69, 9.17) is 29.1 Å². The molecule has 24 heavy (non-hydrogen) atoms. The first-order valence-electron chi connectivity index (χ1n) is 6.73. The summed E-state index contributed by atoms with van der Waals surface area (Å²) in [6.45, 7) is 0. The maximum Gasteiger partial charge on any atom is 0.270 e. The van der Waals surface area contributed by atoms with Gasteiger partial charge < -0.3 is 0 Å². The zero-order chi connectivity index (χ0) is 17.3. The molecule has 0 saturated carbocycles. The number of carbonyl (C=O) groups is 1. The normalized spacial score (nSPS) is 15.9. The first-order chi connectivity index (χ1) is 11.5. The average Bonchev–Trinajstić information content (AvgIpc) is 2.85. The molecule has 0 aliphatic carbocycles. The van der Waals surface area contributed by atoms with Crippen LogP contribution < -0.4 is 4.90 Å². The number of carbonyl (C=O) groups excluding carboxylic acids is 1. The zero-order valence-corrected chi connectivity index (χ0v) is 16.0. The highest BCUT2D eigenvalue weighted by atomic mass is 79.9. The quantitative estimate of drug-likeness (QED) is 0.469. The summed E-state index contributed by atoms with van der Waals surface area (Å²) in [7, 11) is 0. The van der Waals surface area contributed by atoms with Crippen LogP contribution in [0.3, 0.4) is 0 Å². The van der Waals surface area contributed by atoms with Gasteiger partial charge in [-0.25, -0.2) is 0 Å². The second-order valence-electron chi connectivity index (χ2n) is 4.85. The lowest BCUT2D eigenvalue weighted by atomic mass is 10.1. The first-order valence-corrected chi connectivity index (χ1v) is 9.12. The van der Waals surface area contributed by atoms with Crippen LogP contribution >= 0.6 is 51.5 Å². The van der Waals surface area contributed by atoms with Gasteiger partial charge in [0.25, 0.3) is 5.91 Å². The largest absolute Gasteiger partial charge is 0.270 e. The third-order valence-electron chi connectivity index (χ3n) is 3.29. The van der Waals surface area contributed by atoms with Gasteiger partial charge in [-0.15, -0.1) is 0 Å². The van der Waals surface area contributed by atoms with E-state index >= 15 is 0 Å². The molecule has 0 atom stereocenters. The summed E-state index contributed by atoms with van der Waals surface area (Å²) in [5, 5.41) is 9.34. The molecule has 1 saturated heterocycles. The van der Waals surface area contributed by atoms with Crippen molar-refractivity contribution in [2.24, 2.45) is 0 Å². The molecule has 0 spiro atoms. The van der Waals surface area contributed by atoms with Gasteiger partial charge in [-0.05, 0) is 57.9 Å². The molecular formula is C17H8BrClN2OS2. The molecule has 0 bridgehead atoms. The van der Waals surface area contributed by atoms with Crippen molar-refractivity contribution in [2.45, 2.75) is 0 Å². The SMILES string of the molecule is N#Cc1ccc(/C=C2/SC(=S)N(c3ccc(Br)c(Cl)c3)C2=O)cc1. The molecule has 3 rings (SSSR count). The number of nitrogens with zero attached hydrogens (tertiary/aromatic N) is 2. The molecule has 1 heterocycles. The van der Waals surface area contributed by atoms with Gasteiger partial charge >= 0.3 is 0 Å². The van der Waals surface area contributed by atoms with Gasteiger partial charge in [0, 0.05) is 4.47 Å². The van der Waals surface area contributed by atoms with Crippen LogP contribution in [-0.4, -0.2) is 10.2 Å². The Balaban J connectivity index is 1.92. The van der Waals surface area contributed by atoms with Gasteiger partial charge in [-0.1, -0.05) is 47.7 Å². The Bertz CT molecular complexity index is 919. The minimum absolute atomic E-state index is 0.187. The molecule has 1 amide bonds. The van der Waals surface area contributed by atoms with Crippen molar-refractivity contribution in [3.63, 3.8) is 0 Å². The van der Waals surface area contributed by atoms with Gasteiger partial charge in [0.1, 0.15) is 0 Å². The summed E-state index contributed by atoms with van der Waals surface area (Å²) in [6.07, 6.45) is 1.76. The van der Waals surface area contributed by atoms with E-state index in [0.29, 0.717) is 25.5 Å². The average molecular weight is 436 g/mol. The van der Waals surface area contributed by atoms with E-state index in [1.807, 2.05) is 0 Å². The fourth-order valence-electron chi connectivity index (χ4n) is 2.12. The summed E-state index contributed by atoms with van der Waals surface area (Å²) in [5.74, 6) is -0.187. The Morgan fingerprint density at radius 3 is 2.58 bits per heavy atom. The van der Waals surface area contributed by atoms with Crippen molar-refractivity contribution in [1.82, 2.24) is 0 Å². The molecule has 2 aromatic rings. The molecule has 2 aromatic carbocycles. The minimum Gasteiger partial charge on any atom is -0.268 e. The minimum atomic E-state index is -0.187. The third-order valence-corrected chi connectivity index (χ3v) is 5.83. The number of rotatable bonds is 2. The molecule has 3 nitrogen and oxygen atoms in total. The highest BCUT2D eigenvalue weighted by Gasteiger charge is 2.33. The predicted octanol–water partition coefficient (Wildman–Crippen LogP) is 5.38. The molecule has 118 valence electrons. The Morgan fingerprint density at radius 2 is 1.96 bits per heavy atom. The van der Waals surface area contributed by atoms with Gasteiger partial charge in [0.15, 0.2) is 4.32 Å². The summed E-state index contributed by atoms with van der Waals surface area (Å²) < 4.78 is 1.21. The number of amides is 1. The topological polar surface area (TPSA) is 44.1 Å². The van der Waals surface area contributed by atoms with E-state index in [9.17, 15) is 4.79 Å². The van der Waals surface area contributed by atoms with Crippen molar-refractivity contribution in [2.75, 3.05) is 4.90 Å². The molecule has 7 heteroatoms. The number of hydrogen-bond acceptors (Lipinski definition) is 4. The maximum atomic E-state index is 12.7. The molecule has 0 radical (unpaired) electrons. The van der Waals surface area contributed by atoms with E-state index in [1.165, 1.54) is 16.7 Å². The van der Waals surface area contributed by atoms with Crippen LogP contribution in [0, 0.1) is 11.3 Å². The summed E-state index contributed by atoms with van der Waals surface area (Å²) in [5.41, 5.74) is 2.04. The fraction of sp³-hybridized carbons (Fsp3) is 0. The maximum absolute atomic E-state index is 12.7. The number of anilines is 1. The zero-order valence-electron chi connectivity index (χ0n) is 12.0. The number of thioether (sulfide) groups is 1. The van der Waals surface area contributed by atoms with E-state index in [1.54, 1.807) is 48.5 Å². The van der Waals surface area contributed by atoms with E-state index in [0.717, 1.165) is 10.0 Å². The van der Waals surface area contributed by atoms with E-state index < -0.39 is 0 Å². The fourth-order valence-corrected chi connectivity index (χ4v) is 3.84. The molecule has 1 aliphatic rings. The van der Waals surface area contributed by atoms with Gasteiger partial charge in [0.05, 0.1) is 27.2 Å². The Kier molecular flexibility index (Phi) is 5.07. The predicted molar refractivity (Wildman–Crippen MR) is 106 cm³/mol. The molecule has 0 unspecified atom stereocenters. The van der Waals surface area contributed by atoms with Crippen molar-refractivity contribution in [1.29, 1.82) is 5.26 Å². The molecule has 0 N–H and O–H groups in total. The van der Waals surface area contributed by atoms with Crippen LogP contribution in [0.5, 0.6) is 0 Å². The Labute approximate surface area is 162 Å². The highest BCUT2D eigenvalue weighted by Crippen LogP contribution is 2.37. The summed E-state index contributed by atoms with van der Waals surface area (Å²) >= 11 is 16.0. The highest BCUT2D eigenvalue weighted by molar-refractivity contribution is 9.10. The van der Waals surface area contributed by atoms with Crippen LogP contribution in [0.15, 0.2) is 51.8 Å². The number of hydrogen-bond donors (Lipinski definition) is 0. The van der Waals surface area contributed by atoms with Gasteiger partial charge in [-0.2, -0.15) is 5.26 Å². The molecule has 0 aromatic heterocycles. The Hall–Kier alpha value is -1.65. The summed E-state index contributed by atoms with van der Waals surface area (Å²) in [6, 6.07) is 14.3. The lowest BCUT2D eigenvalue weighted by Crippen LogP contribution is -2.27. The standard InChI is InChI=1S/C17H8BrClN2OS2/c18-13-6-5-12(8-14(13)19)21-16(22)15(24-17(21)23)7-10-1-3-11(9-20)4-2-10/h1-8H/b15-7+. The number of benzene rings is 2. The second-order valence-corrected chi connectivity index (χ2v) is 7.79. The number of halogens is 2. The molecular weight excluding hydrogens is 428 g/mol. The van der Waals surface area contributed by atoms with Crippen LogP contribution in [0.2, 0.25) is 5.02 Å². The number of nitriles is 1. The van der Waals surface area contributed by atoms with Crippen LogP contribution in [0.1, 0.15) is 11.1 Å². The van der Waals surface area contributed by atoms with Crippen LogP contribution in [-0.2, 0) is 4.79 Å². The lowest BCUT2D eigenvalue weighted by molar-refractivity contribution is -0.113. The van der Waals surface area contributed by atoms with Gasteiger partial charge in [-0.3, -0.25) is 9.69 Å². The summed E-state index contributed by atoms with van der Waals surface area (Å²) in [4.78, 5) is 14.7. The van der Waals surface area contributed by atoms with E-state index in [-0.39, 0.29) is 5.91 Å². The van der Waals surface area contributed by atoms with E-state index in [2.05, 4.69) is 22.0 Å². The van der Waals surface area contributed by atoms with Crippen molar-refractivity contribution in [3.8, 4) is 6.07 Å². The third kappa shape index (κ3) is 3.40. The monoisotopic (exact) mass is 434 g/mol. The van der Waals surface area contributed by atoms with Crippen molar-refractivity contribution in [3.05, 3.63) is 68.0 Å². The van der Waals surface area contributed by atoms with Crippen molar-refractivity contribution < 1.29 is 4.79 Å². The van der Waals surface area contributed by atoms with Crippen LogP contribution in [0.25, 0.3) is 6.08 Å². The number of thiocarbonyl (C=S) groups is 1. The van der Waals surface area contributed by atoms with Gasteiger partial charge in [0.2, 0.25) is 0 Å². The Morgan fingerprint density at radius 1 is 1.25 bits per heavy atom. The van der Waals surface area contributed by atoms with Crippen molar-refractivity contribution >= 4 is 73.5 Å². The smallest absolute Gasteiger partial charge is 0.268 e. The van der Waals surface area contributed by atoms with Crippen LogP contribution in [0.4, 0.5) is 5.69 Å². The lowest BCUT2D eigenvalue weighted by Gasteiger charge is -2.15. The molecule has 1 fully saturated rings.